The summed E-state index contributed by atoms with van der Waals surface area (Å²) >= 11 is 0. The molecule has 1 rings (SSSR count). The fourth-order valence-electron chi connectivity index (χ4n) is 2.71. The van der Waals surface area contributed by atoms with E-state index in [0.717, 1.165) is 5.56 Å². The highest BCUT2D eigenvalue weighted by atomic mass is 32.2. The van der Waals surface area contributed by atoms with Crippen LogP contribution in [-0.4, -0.2) is 27.4 Å². The molecule has 0 aliphatic heterocycles. The van der Waals surface area contributed by atoms with Gasteiger partial charge in [0, 0.05) is 0 Å². The number of hydrogen-bond acceptors (Lipinski definition) is 3. The summed E-state index contributed by atoms with van der Waals surface area (Å²) in [5.41, 5.74) is 1.60. The molecule has 26 heavy (non-hydrogen) atoms. The zero-order chi connectivity index (χ0) is 20.3. The molecule has 0 radical (unpaired) electrons. The van der Waals surface area contributed by atoms with E-state index in [-0.39, 0.29) is 22.0 Å². The number of benzene rings is 1. The predicted octanol–water partition coefficient (Wildman–Crippen LogP) is 5.39. The maximum Gasteiger partial charge on any atom is 0.294 e. The summed E-state index contributed by atoms with van der Waals surface area (Å²) in [5, 5.41) is 0.0923. The normalized spacial score (nSPS) is 15.5. The molecule has 2 atom stereocenters. The quantitative estimate of drug-likeness (QED) is 0.362. The van der Waals surface area contributed by atoms with Crippen molar-refractivity contribution in [2.24, 2.45) is 5.92 Å². The van der Waals surface area contributed by atoms with Crippen molar-refractivity contribution in [1.82, 2.24) is 0 Å². The van der Waals surface area contributed by atoms with Gasteiger partial charge >= 0.3 is 0 Å². The summed E-state index contributed by atoms with van der Waals surface area (Å²) in [4.78, 5) is -0.0142. The van der Waals surface area contributed by atoms with Gasteiger partial charge in [0.25, 0.3) is 10.1 Å². The lowest BCUT2D eigenvalue weighted by Crippen LogP contribution is -2.45. The molecule has 0 aromatic heterocycles. The lowest BCUT2D eigenvalue weighted by molar-refractivity contribution is 0.127. The fraction of sp³-hybridized carbons (Fsp3) is 0.600. The second-order valence-corrected chi connectivity index (χ2v) is 14.9. The van der Waals surface area contributed by atoms with Crippen molar-refractivity contribution in [2.45, 2.75) is 76.6 Å². The Bertz CT molecular complexity index is 733. The van der Waals surface area contributed by atoms with Gasteiger partial charge in [-0.05, 0) is 55.4 Å². The third kappa shape index (κ3) is 6.05. The molecule has 4 nitrogen and oxygen atoms in total. The van der Waals surface area contributed by atoms with Gasteiger partial charge in [-0.25, -0.2) is 0 Å². The molecule has 0 unspecified atom stereocenters. The second-order valence-electron chi connectivity index (χ2n) is 8.71. The van der Waals surface area contributed by atoms with Crippen LogP contribution < -0.4 is 0 Å². The summed E-state index contributed by atoms with van der Waals surface area (Å²) in [7, 11) is -6.21. The third-order valence-corrected chi connectivity index (χ3v) is 10.8. The summed E-state index contributed by atoms with van der Waals surface area (Å²) < 4.78 is 39.6. The minimum Gasteiger partial charge on any atom is -0.413 e. The van der Waals surface area contributed by atoms with Crippen molar-refractivity contribution in [1.29, 1.82) is 0 Å². The highest BCUT2D eigenvalue weighted by Gasteiger charge is 2.40. The molecule has 1 aromatic rings. The van der Waals surface area contributed by atoms with Crippen molar-refractivity contribution in [3.8, 4) is 0 Å². The zero-order valence-corrected chi connectivity index (χ0v) is 19.0. The Balaban J connectivity index is 3.15. The van der Waals surface area contributed by atoms with Gasteiger partial charge in [-0.3, -0.25) is 4.55 Å². The van der Waals surface area contributed by atoms with Crippen LogP contribution in [0.5, 0.6) is 0 Å². The first-order valence-corrected chi connectivity index (χ1v) is 13.4. The lowest BCUT2D eigenvalue weighted by Gasteiger charge is -2.41. The third-order valence-electron chi connectivity index (χ3n) is 5.32. The van der Waals surface area contributed by atoms with Crippen molar-refractivity contribution < 1.29 is 17.4 Å². The summed E-state index contributed by atoms with van der Waals surface area (Å²) in [6.07, 6.45) is 3.04. The summed E-state index contributed by atoms with van der Waals surface area (Å²) in [5.74, 6) is 0.0874. The van der Waals surface area contributed by atoms with E-state index in [1.54, 1.807) is 6.07 Å². The Morgan fingerprint density at radius 3 is 2.35 bits per heavy atom. The molecule has 0 aliphatic rings. The molecule has 0 amide bonds. The van der Waals surface area contributed by atoms with Crippen LogP contribution in [0.15, 0.2) is 35.7 Å². The van der Waals surface area contributed by atoms with Crippen LogP contribution in [0.1, 0.15) is 45.2 Å². The van der Waals surface area contributed by atoms with Crippen molar-refractivity contribution in [3.05, 3.63) is 42.0 Å². The van der Waals surface area contributed by atoms with Crippen LogP contribution in [0.25, 0.3) is 0 Å². The molecule has 0 fully saturated rings. The van der Waals surface area contributed by atoms with Crippen LogP contribution in [0.4, 0.5) is 0 Å². The SMILES string of the molecule is C=CC[C@H](O[Si](C)(C)C(C)(C)C)[C@@H](C)Cc1cc(C)ccc1S(=O)(=O)O. The Labute approximate surface area is 160 Å². The molecule has 6 heteroatoms. The number of hydrogen-bond donors (Lipinski definition) is 1. The predicted molar refractivity (Wildman–Crippen MR) is 111 cm³/mol. The first kappa shape index (κ1) is 23.1. The molecular weight excluding hydrogens is 364 g/mol. The maximum atomic E-state index is 11.7. The highest BCUT2D eigenvalue weighted by Crippen LogP contribution is 2.39. The van der Waals surface area contributed by atoms with Crippen molar-refractivity contribution >= 4 is 18.4 Å². The Kier molecular flexibility index (Phi) is 7.44. The van der Waals surface area contributed by atoms with Gasteiger partial charge in [0.2, 0.25) is 0 Å². The van der Waals surface area contributed by atoms with Gasteiger partial charge in [-0.1, -0.05) is 51.5 Å². The lowest BCUT2D eigenvalue weighted by atomic mass is 9.93. The summed E-state index contributed by atoms with van der Waals surface area (Å²) in [6, 6.07) is 5.01. The van der Waals surface area contributed by atoms with Crippen LogP contribution >= 0.6 is 0 Å². The Hall–Kier alpha value is -0.953. The minimum atomic E-state index is -4.24. The molecule has 0 saturated carbocycles. The molecule has 1 aromatic carbocycles. The van der Waals surface area contributed by atoms with E-state index in [4.69, 9.17) is 4.43 Å². The van der Waals surface area contributed by atoms with Gasteiger partial charge in [0.05, 0.1) is 11.0 Å². The monoisotopic (exact) mass is 398 g/mol. The van der Waals surface area contributed by atoms with Crippen LogP contribution in [0.2, 0.25) is 18.1 Å². The zero-order valence-electron chi connectivity index (χ0n) is 17.2. The Morgan fingerprint density at radius 2 is 1.88 bits per heavy atom. The molecule has 1 N–H and O–H groups in total. The molecule has 0 aliphatic carbocycles. The van der Waals surface area contributed by atoms with Crippen LogP contribution in [0.3, 0.4) is 0 Å². The van der Waals surface area contributed by atoms with E-state index in [9.17, 15) is 13.0 Å². The van der Waals surface area contributed by atoms with Crippen LogP contribution in [0, 0.1) is 12.8 Å². The van der Waals surface area contributed by atoms with Gasteiger partial charge in [0.1, 0.15) is 0 Å². The molecule has 0 saturated heterocycles. The van der Waals surface area contributed by atoms with Gasteiger partial charge in [-0.15, -0.1) is 6.58 Å². The fourth-order valence-corrected chi connectivity index (χ4v) is 4.87. The van der Waals surface area contributed by atoms with Gasteiger partial charge < -0.3 is 4.43 Å². The van der Waals surface area contributed by atoms with Crippen molar-refractivity contribution in [2.75, 3.05) is 0 Å². The van der Waals surface area contributed by atoms with Crippen molar-refractivity contribution in [3.63, 3.8) is 0 Å². The Morgan fingerprint density at radius 1 is 1.31 bits per heavy atom. The van der Waals surface area contributed by atoms with E-state index in [1.165, 1.54) is 6.07 Å². The molecule has 148 valence electrons. The number of rotatable bonds is 8. The van der Waals surface area contributed by atoms with E-state index < -0.39 is 18.4 Å². The largest absolute Gasteiger partial charge is 0.413 e. The van der Waals surface area contributed by atoms with E-state index in [2.05, 4.69) is 47.4 Å². The molecular formula is C20H34O4SSi. The van der Waals surface area contributed by atoms with E-state index >= 15 is 0 Å². The molecule has 0 heterocycles. The minimum absolute atomic E-state index is 0.0142. The summed E-state index contributed by atoms with van der Waals surface area (Å²) in [6.45, 7) is 18.9. The maximum absolute atomic E-state index is 11.7. The van der Waals surface area contributed by atoms with E-state index in [0.29, 0.717) is 18.4 Å². The highest BCUT2D eigenvalue weighted by molar-refractivity contribution is 7.85. The average Bonchev–Trinajstić information content (AvgIpc) is 2.44. The van der Waals surface area contributed by atoms with Gasteiger partial charge in [-0.2, -0.15) is 8.42 Å². The molecule has 0 bridgehead atoms. The average molecular weight is 399 g/mol. The first-order valence-electron chi connectivity index (χ1n) is 9.05. The van der Waals surface area contributed by atoms with Crippen LogP contribution in [-0.2, 0) is 21.0 Å². The smallest absolute Gasteiger partial charge is 0.294 e. The first-order chi connectivity index (χ1) is 11.7. The van der Waals surface area contributed by atoms with Gasteiger partial charge in [0.15, 0.2) is 8.32 Å². The van der Waals surface area contributed by atoms with E-state index in [1.807, 2.05) is 19.1 Å². The number of aryl methyl sites for hydroxylation is 1. The standard InChI is InChI=1S/C20H34O4SSi/c1-9-10-18(24-26(7,8)20(4,5)6)16(3)14-17-13-15(2)11-12-19(17)25(21,22)23/h9,11-13,16,18H,1,10,14H2,2-8H3,(H,21,22,23)/t16-,18-/m0/s1. The molecule has 0 spiro atoms. The second kappa shape index (κ2) is 8.38. The topological polar surface area (TPSA) is 63.6 Å².